The SMILES string of the molecule is CCCCCC(C)NC(=O)NC(CO)C(=O)O. The fourth-order valence-corrected chi connectivity index (χ4v) is 1.38. The van der Waals surface area contributed by atoms with E-state index >= 15 is 0 Å². The Morgan fingerprint density at radius 1 is 1.24 bits per heavy atom. The van der Waals surface area contributed by atoms with Gasteiger partial charge < -0.3 is 20.8 Å². The van der Waals surface area contributed by atoms with Crippen LogP contribution in [-0.2, 0) is 4.79 Å². The first-order chi connectivity index (χ1) is 8.01. The number of aliphatic hydroxyl groups is 1. The highest BCUT2D eigenvalue weighted by molar-refractivity contribution is 5.82. The van der Waals surface area contributed by atoms with Gasteiger partial charge >= 0.3 is 12.0 Å². The monoisotopic (exact) mass is 246 g/mol. The highest BCUT2D eigenvalue weighted by atomic mass is 16.4. The molecule has 2 amide bonds. The van der Waals surface area contributed by atoms with Crippen molar-refractivity contribution in [2.75, 3.05) is 6.61 Å². The summed E-state index contributed by atoms with van der Waals surface area (Å²) in [6.45, 7) is 3.35. The van der Waals surface area contributed by atoms with Crippen LogP contribution in [0.15, 0.2) is 0 Å². The molecule has 0 fully saturated rings. The second-order valence-corrected chi connectivity index (χ2v) is 4.09. The number of rotatable bonds is 8. The van der Waals surface area contributed by atoms with E-state index in [9.17, 15) is 9.59 Å². The minimum absolute atomic E-state index is 0.00492. The molecule has 4 N–H and O–H groups in total. The normalized spacial score (nSPS) is 13.8. The van der Waals surface area contributed by atoms with E-state index in [1.165, 1.54) is 0 Å². The molecule has 0 aliphatic heterocycles. The Hall–Kier alpha value is -1.30. The summed E-state index contributed by atoms with van der Waals surface area (Å²) < 4.78 is 0. The summed E-state index contributed by atoms with van der Waals surface area (Å²) in [5, 5.41) is 22.2. The molecule has 0 radical (unpaired) electrons. The quantitative estimate of drug-likeness (QED) is 0.474. The molecule has 6 nitrogen and oxygen atoms in total. The van der Waals surface area contributed by atoms with Crippen LogP contribution in [0.2, 0.25) is 0 Å². The summed E-state index contributed by atoms with van der Waals surface area (Å²) in [5.41, 5.74) is 0. The molecule has 2 unspecified atom stereocenters. The maximum atomic E-state index is 11.4. The lowest BCUT2D eigenvalue weighted by atomic mass is 10.1. The predicted molar refractivity (Wildman–Crippen MR) is 63.8 cm³/mol. The van der Waals surface area contributed by atoms with Gasteiger partial charge in [-0.15, -0.1) is 0 Å². The van der Waals surface area contributed by atoms with E-state index in [0.29, 0.717) is 0 Å². The molecule has 0 bridgehead atoms. The molecule has 0 aromatic rings. The second kappa shape index (κ2) is 8.81. The fraction of sp³-hybridized carbons (Fsp3) is 0.818. The van der Waals surface area contributed by atoms with E-state index in [1.54, 1.807) is 0 Å². The van der Waals surface area contributed by atoms with Gasteiger partial charge in [-0.2, -0.15) is 0 Å². The third-order valence-electron chi connectivity index (χ3n) is 2.40. The summed E-state index contributed by atoms with van der Waals surface area (Å²) in [4.78, 5) is 21.9. The molecule has 0 aliphatic carbocycles. The van der Waals surface area contributed by atoms with Crippen LogP contribution in [0.3, 0.4) is 0 Å². The Morgan fingerprint density at radius 3 is 2.35 bits per heavy atom. The van der Waals surface area contributed by atoms with Crippen molar-refractivity contribution < 1.29 is 19.8 Å². The summed E-state index contributed by atoms with van der Waals surface area (Å²) >= 11 is 0. The predicted octanol–water partition coefficient (Wildman–Crippen LogP) is 0.700. The first-order valence-corrected chi connectivity index (χ1v) is 5.92. The number of amides is 2. The van der Waals surface area contributed by atoms with Crippen LogP contribution in [-0.4, -0.2) is 40.9 Å². The number of hydrogen-bond donors (Lipinski definition) is 4. The molecular weight excluding hydrogens is 224 g/mol. The highest BCUT2D eigenvalue weighted by Crippen LogP contribution is 2.02. The third kappa shape index (κ3) is 7.57. The molecule has 0 aliphatic rings. The Balaban J connectivity index is 3.87. The lowest BCUT2D eigenvalue weighted by Gasteiger charge is -2.17. The van der Waals surface area contributed by atoms with Crippen LogP contribution in [0.4, 0.5) is 4.79 Å². The van der Waals surface area contributed by atoms with Gasteiger partial charge in [0.05, 0.1) is 6.61 Å². The van der Waals surface area contributed by atoms with Gasteiger partial charge in [0.1, 0.15) is 0 Å². The Bertz CT molecular complexity index is 246. The van der Waals surface area contributed by atoms with E-state index < -0.39 is 24.6 Å². The average molecular weight is 246 g/mol. The lowest BCUT2D eigenvalue weighted by molar-refractivity contribution is -0.140. The number of carbonyl (C=O) groups is 2. The van der Waals surface area contributed by atoms with E-state index in [4.69, 9.17) is 10.2 Å². The number of carbonyl (C=O) groups excluding carboxylic acids is 1. The molecule has 6 heteroatoms. The number of aliphatic carboxylic acids is 1. The number of urea groups is 1. The average Bonchev–Trinajstić information content (AvgIpc) is 2.25. The van der Waals surface area contributed by atoms with Gasteiger partial charge in [-0.25, -0.2) is 9.59 Å². The molecule has 0 spiro atoms. The van der Waals surface area contributed by atoms with Crippen LogP contribution >= 0.6 is 0 Å². The molecule has 2 atom stereocenters. The zero-order valence-electron chi connectivity index (χ0n) is 10.4. The minimum Gasteiger partial charge on any atom is -0.480 e. The smallest absolute Gasteiger partial charge is 0.328 e. The Kier molecular flexibility index (Phi) is 8.13. The number of nitrogens with one attached hydrogen (secondary N) is 2. The maximum Gasteiger partial charge on any atom is 0.328 e. The zero-order chi connectivity index (χ0) is 13.3. The van der Waals surface area contributed by atoms with Gasteiger partial charge in [-0.3, -0.25) is 0 Å². The molecule has 0 aromatic heterocycles. The van der Waals surface area contributed by atoms with Crippen molar-refractivity contribution in [2.24, 2.45) is 0 Å². The Labute approximate surface area is 101 Å². The Morgan fingerprint density at radius 2 is 1.88 bits per heavy atom. The van der Waals surface area contributed by atoms with Crippen LogP contribution in [0.25, 0.3) is 0 Å². The van der Waals surface area contributed by atoms with Gasteiger partial charge in [0.25, 0.3) is 0 Å². The molecule has 0 heterocycles. The first kappa shape index (κ1) is 15.7. The molecule has 0 saturated heterocycles. The summed E-state index contributed by atoms with van der Waals surface area (Å²) in [6, 6.07) is -1.82. The number of unbranched alkanes of at least 4 members (excludes halogenated alkanes) is 2. The highest BCUT2D eigenvalue weighted by Gasteiger charge is 2.19. The molecule has 0 saturated carbocycles. The van der Waals surface area contributed by atoms with Crippen molar-refractivity contribution in [3.63, 3.8) is 0 Å². The number of aliphatic hydroxyl groups excluding tert-OH is 1. The van der Waals surface area contributed by atoms with E-state index in [0.717, 1.165) is 25.7 Å². The third-order valence-corrected chi connectivity index (χ3v) is 2.40. The largest absolute Gasteiger partial charge is 0.480 e. The second-order valence-electron chi connectivity index (χ2n) is 4.09. The standard InChI is InChI=1S/C11H22N2O4/c1-3-4-5-6-8(2)12-11(17)13-9(7-14)10(15)16/h8-9,14H,3-7H2,1-2H3,(H,15,16)(H2,12,13,17). The van der Waals surface area contributed by atoms with Gasteiger partial charge in [0, 0.05) is 6.04 Å². The van der Waals surface area contributed by atoms with Crippen LogP contribution in [0.5, 0.6) is 0 Å². The molecular formula is C11H22N2O4. The number of carboxylic acids is 1. The van der Waals surface area contributed by atoms with Crippen molar-refractivity contribution in [1.29, 1.82) is 0 Å². The van der Waals surface area contributed by atoms with E-state index in [-0.39, 0.29) is 6.04 Å². The summed E-state index contributed by atoms with van der Waals surface area (Å²) in [5.74, 6) is -1.25. The van der Waals surface area contributed by atoms with E-state index in [2.05, 4.69) is 17.6 Å². The van der Waals surface area contributed by atoms with Crippen LogP contribution in [0.1, 0.15) is 39.5 Å². The topological polar surface area (TPSA) is 98.7 Å². The van der Waals surface area contributed by atoms with Crippen molar-refractivity contribution in [3.05, 3.63) is 0 Å². The maximum absolute atomic E-state index is 11.4. The van der Waals surface area contributed by atoms with Crippen molar-refractivity contribution in [2.45, 2.75) is 51.6 Å². The first-order valence-electron chi connectivity index (χ1n) is 5.92. The van der Waals surface area contributed by atoms with Crippen molar-refractivity contribution >= 4 is 12.0 Å². The molecule has 17 heavy (non-hydrogen) atoms. The van der Waals surface area contributed by atoms with Crippen molar-refractivity contribution in [3.8, 4) is 0 Å². The molecule has 0 rings (SSSR count). The van der Waals surface area contributed by atoms with Crippen molar-refractivity contribution in [1.82, 2.24) is 10.6 Å². The van der Waals surface area contributed by atoms with Crippen LogP contribution in [0, 0.1) is 0 Å². The number of hydrogen-bond acceptors (Lipinski definition) is 3. The van der Waals surface area contributed by atoms with Gasteiger partial charge in [0.2, 0.25) is 0 Å². The van der Waals surface area contributed by atoms with E-state index in [1.807, 2.05) is 6.92 Å². The molecule has 0 aromatic carbocycles. The minimum atomic E-state index is -1.25. The zero-order valence-corrected chi connectivity index (χ0v) is 10.4. The molecule has 100 valence electrons. The van der Waals surface area contributed by atoms with Crippen LogP contribution < -0.4 is 10.6 Å². The van der Waals surface area contributed by atoms with Gasteiger partial charge in [-0.05, 0) is 13.3 Å². The fourth-order valence-electron chi connectivity index (χ4n) is 1.38. The summed E-state index contributed by atoms with van der Waals surface area (Å²) in [7, 11) is 0. The van der Waals surface area contributed by atoms with Gasteiger partial charge in [-0.1, -0.05) is 26.2 Å². The lowest BCUT2D eigenvalue weighted by Crippen LogP contribution is -2.49. The van der Waals surface area contributed by atoms with Gasteiger partial charge in [0.15, 0.2) is 6.04 Å². The number of carboxylic acid groups (broad SMARTS) is 1. The summed E-state index contributed by atoms with van der Waals surface area (Å²) in [6.07, 6.45) is 4.12.